The molecule has 0 unspecified atom stereocenters. The number of hydrogen-bond donors (Lipinski definition) is 1. The summed E-state index contributed by atoms with van der Waals surface area (Å²) in [5.41, 5.74) is 4.39. The fourth-order valence-corrected chi connectivity index (χ4v) is 4.66. The van der Waals surface area contributed by atoms with Crippen LogP contribution in [0.4, 0.5) is 5.13 Å². The van der Waals surface area contributed by atoms with E-state index >= 15 is 0 Å². The van der Waals surface area contributed by atoms with E-state index in [9.17, 15) is 10.1 Å². The molecule has 30 heavy (non-hydrogen) atoms. The molecule has 1 N–H and O–H groups in total. The molecule has 0 saturated carbocycles. The third-order valence-electron chi connectivity index (χ3n) is 4.44. The second-order valence-corrected chi connectivity index (χ2v) is 8.77. The van der Waals surface area contributed by atoms with Crippen LogP contribution in [0.3, 0.4) is 0 Å². The lowest BCUT2D eigenvalue weighted by Crippen LogP contribution is -2.12. The van der Waals surface area contributed by atoms with E-state index in [0.717, 1.165) is 21.5 Å². The van der Waals surface area contributed by atoms with Gasteiger partial charge in [-0.25, -0.2) is 9.97 Å². The van der Waals surface area contributed by atoms with Crippen LogP contribution in [0.2, 0.25) is 0 Å². The molecule has 0 aliphatic carbocycles. The molecule has 0 bridgehead atoms. The van der Waals surface area contributed by atoms with Gasteiger partial charge in [-0.05, 0) is 31.2 Å². The minimum absolute atomic E-state index is 0.102. The largest absolute Gasteiger partial charge is 0.302 e. The normalized spacial score (nSPS) is 10.7. The number of carbonyl (C=O) groups is 1. The van der Waals surface area contributed by atoms with Gasteiger partial charge in [0.15, 0.2) is 5.13 Å². The number of rotatable bonds is 6. The number of nitriles is 1. The molecular formula is C23H18N4OS2. The van der Waals surface area contributed by atoms with Crippen molar-refractivity contribution in [2.45, 2.75) is 18.4 Å². The lowest BCUT2D eigenvalue weighted by molar-refractivity contribution is -0.115. The zero-order chi connectivity index (χ0) is 20.9. The van der Waals surface area contributed by atoms with E-state index in [2.05, 4.69) is 21.4 Å². The Hall–Kier alpha value is -3.21. The first-order valence-electron chi connectivity index (χ1n) is 9.39. The summed E-state index contributed by atoms with van der Waals surface area (Å²) in [7, 11) is 0. The van der Waals surface area contributed by atoms with Crippen LogP contribution in [0, 0.1) is 18.3 Å². The molecule has 2 aromatic carbocycles. The van der Waals surface area contributed by atoms with Crippen LogP contribution in [-0.2, 0) is 4.79 Å². The summed E-state index contributed by atoms with van der Waals surface area (Å²) in [5, 5.41) is 13.5. The van der Waals surface area contributed by atoms with Gasteiger partial charge in [0.25, 0.3) is 0 Å². The third-order valence-corrected chi connectivity index (χ3v) is 6.38. The number of nitrogens with one attached hydrogen (secondary N) is 1. The highest BCUT2D eigenvalue weighted by atomic mass is 32.2. The first kappa shape index (κ1) is 20.1. The van der Waals surface area contributed by atoms with E-state index in [4.69, 9.17) is 0 Å². The molecule has 0 spiro atoms. The second kappa shape index (κ2) is 9.08. The summed E-state index contributed by atoms with van der Waals surface area (Å²) in [4.78, 5) is 21.4. The van der Waals surface area contributed by atoms with Crippen molar-refractivity contribution < 1.29 is 4.79 Å². The monoisotopic (exact) mass is 430 g/mol. The molecule has 2 aromatic heterocycles. The van der Waals surface area contributed by atoms with E-state index in [1.807, 2.05) is 61.5 Å². The third kappa shape index (κ3) is 4.67. The van der Waals surface area contributed by atoms with Gasteiger partial charge in [-0.15, -0.1) is 11.8 Å². The maximum atomic E-state index is 12.3. The predicted octanol–water partition coefficient (Wildman–Crippen LogP) is 5.66. The van der Waals surface area contributed by atoms with Gasteiger partial charge in [0.05, 0.1) is 21.5 Å². The minimum Gasteiger partial charge on any atom is -0.302 e. The smallest absolute Gasteiger partial charge is 0.226 e. The molecule has 1 amide bonds. The Labute approximate surface area is 182 Å². The highest BCUT2D eigenvalue weighted by Gasteiger charge is 2.11. The summed E-state index contributed by atoms with van der Waals surface area (Å²) >= 11 is 2.87. The Bertz CT molecular complexity index is 1210. The van der Waals surface area contributed by atoms with Gasteiger partial charge in [0.2, 0.25) is 5.91 Å². The number of thioether (sulfide) groups is 1. The Kier molecular flexibility index (Phi) is 6.07. The molecule has 0 radical (unpaired) electrons. The van der Waals surface area contributed by atoms with Gasteiger partial charge in [0.1, 0.15) is 11.1 Å². The van der Waals surface area contributed by atoms with Crippen LogP contribution in [0.15, 0.2) is 65.7 Å². The van der Waals surface area contributed by atoms with E-state index in [0.29, 0.717) is 27.9 Å². The maximum Gasteiger partial charge on any atom is 0.226 e. The number of anilines is 1. The number of carbonyl (C=O) groups excluding carboxylic acids is 1. The lowest BCUT2D eigenvalue weighted by Gasteiger charge is -2.07. The summed E-state index contributed by atoms with van der Waals surface area (Å²) in [6, 6.07) is 21.7. The van der Waals surface area contributed by atoms with E-state index < -0.39 is 0 Å². The Morgan fingerprint density at radius 2 is 1.90 bits per heavy atom. The van der Waals surface area contributed by atoms with Crippen LogP contribution in [-0.4, -0.2) is 21.6 Å². The molecule has 2 heterocycles. The number of nitrogens with zero attached hydrogens (tertiary/aromatic N) is 3. The first-order chi connectivity index (χ1) is 14.6. The first-order valence-corrected chi connectivity index (χ1v) is 11.2. The average molecular weight is 431 g/mol. The summed E-state index contributed by atoms with van der Waals surface area (Å²) in [5.74, 6) is 0.421. The molecule has 148 valence electrons. The van der Waals surface area contributed by atoms with E-state index in [-0.39, 0.29) is 5.91 Å². The standard InChI is InChI=1S/C23H18N4OS2/c1-15-6-8-16(9-7-15)18-11-10-17(14-24)22(25-18)29-13-12-21(28)27-23-26-19-4-2-3-5-20(19)30-23/h2-11H,12-13H2,1H3,(H,26,27,28). The summed E-state index contributed by atoms with van der Waals surface area (Å²) in [6.45, 7) is 2.04. The molecule has 0 fully saturated rings. The van der Waals surface area contributed by atoms with Crippen molar-refractivity contribution in [1.82, 2.24) is 9.97 Å². The number of pyridine rings is 1. The van der Waals surface area contributed by atoms with Gasteiger partial charge < -0.3 is 5.32 Å². The topological polar surface area (TPSA) is 78.7 Å². The minimum atomic E-state index is -0.102. The van der Waals surface area contributed by atoms with Gasteiger partial charge >= 0.3 is 0 Å². The van der Waals surface area contributed by atoms with Crippen molar-refractivity contribution >= 4 is 44.4 Å². The fourth-order valence-electron chi connectivity index (χ4n) is 2.87. The Morgan fingerprint density at radius 1 is 1.10 bits per heavy atom. The van der Waals surface area contributed by atoms with Gasteiger partial charge in [0, 0.05) is 17.7 Å². The van der Waals surface area contributed by atoms with Gasteiger partial charge in [-0.2, -0.15) is 5.26 Å². The number of aromatic nitrogens is 2. The lowest BCUT2D eigenvalue weighted by atomic mass is 10.1. The molecule has 0 saturated heterocycles. The number of aryl methyl sites for hydroxylation is 1. The van der Waals surface area contributed by atoms with Crippen molar-refractivity contribution in [2.75, 3.05) is 11.1 Å². The summed E-state index contributed by atoms with van der Waals surface area (Å²) < 4.78 is 1.04. The van der Waals surface area contributed by atoms with Crippen molar-refractivity contribution in [1.29, 1.82) is 5.26 Å². The highest BCUT2D eigenvalue weighted by molar-refractivity contribution is 7.99. The molecule has 4 aromatic rings. The van der Waals surface area contributed by atoms with Crippen molar-refractivity contribution in [3.8, 4) is 17.3 Å². The molecular weight excluding hydrogens is 412 g/mol. The van der Waals surface area contributed by atoms with Gasteiger partial charge in [-0.1, -0.05) is 53.3 Å². The predicted molar refractivity (Wildman–Crippen MR) is 123 cm³/mol. The van der Waals surface area contributed by atoms with Crippen LogP contribution in [0.5, 0.6) is 0 Å². The number of amides is 1. The number of benzene rings is 2. The molecule has 7 heteroatoms. The average Bonchev–Trinajstić information content (AvgIpc) is 3.16. The molecule has 5 nitrogen and oxygen atoms in total. The number of para-hydroxylation sites is 1. The SMILES string of the molecule is Cc1ccc(-c2ccc(C#N)c(SCCC(=O)Nc3nc4ccccc4s3)n2)cc1. The second-order valence-electron chi connectivity index (χ2n) is 6.66. The Balaban J connectivity index is 1.40. The number of fused-ring (bicyclic) bond motifs is 1. The zero-order valence-electron chi connectivity index (χ0n) is 16.3. The van der Waals surface area contributed by atoms with Crippen LogP contribution >= 0.6 is 23.1 Å². The van der Waals surface area contributed by atoms with Crippen molar-refractivity contribution in [2.24, 2.45) is 0 Å². The van der Waals surface area contributed by atoms with Crippen LogP contribution in [0.25, 0.3) is 21.5 Å². The van der Waals surface area contributed by atoms with Crippen LogP contribution < -0.4 is 5.32 Å². The van der Waals surface area contributed by atoms with Crippen molar-refractivity contribution in [3.05, 3.63) is 71.8 Å². The van der Waals surface area contributed by atoms with E-state index in [1.54, 1.807) is 6.07 Å². The highest BCUT2D eigenvalue weighted by Crippen LogP contribution is 2.27. The zero-order valence-corrected chi connectivity index (χ0v) is 17.9. The fraction of sp³-hybridized carbons (Fsp3) is 0.130. The Morgan fingerprint density at radius 3 is 2.67 bits per heavy atom. The summed E-state index contributed by atoms with van der Waals surface area (Å²) in [6.07, 6.45) is 0.307. The maximum absolute atomic E-state index is 12.3. The quantitative estimate of drug-likeness (QED) is 0.399. The van der Waals surface area contributed by atoms with E-state index in [1.165, 1.54) is 28.7 Å². The molecule has 4 rings (SSSR count). The van der Waals surface area contributed by atoms with Crippen molar-refractivity contribution in [3.63, 3.8) is 0 Å². The number of thiazole rings is 1. The molecule has 0 aliphatic rings. The molecule has 0 atom stereocenters. The molecule has 0 aliphatic heterocycles. The van der Waals surface area contributed by atoms with Gasteiger partial charge in [-0.3, -0.25) is 4.79 Å². The van der Waals surface area contributed by atoms with Crippen LogP contribution in [0.1, 0.15) is 17.5 Å². The number of hydrogen-bond acceptors (Lipinski definition) is 6.